The largest absolute Gasteiger partial charge is 0.496 e. The van der Waals surface area contributed by atoms with Crippen molar-refractivity contribution in [2.75, 3.05) is 33.4 Å². The summed E-state index contributed by atoms with van der Waals surface area (Å²) in [6.45, 7) is 3.45. The quantitative estimate of drug-likeness (QED) is 0.903. The molecule has 1 unspecified atom stereocenters. The molecule has 0 bridgehead atoms. The van der Waals surface area contributed by atoms with Crippen molar-refractivity contribution in [3.63, 3.8) is 0 Å². The van der Waals surface area contributed by atoms with Gasteiger partial charge >= 0.3 is 0 Å². The van der Waals surface area contributed by atoms with Crippen LogP contribution in [0, 0.1) is 0 Å². The van der Waals surface area contributed by atoms with E-state index in [2.05, 4.69) is 15.2 Å². The standard InChI is InChI=1S/C18H21N3O3S/c1-23-15-5-3-2-4-14(15)17-19-8-13(25-17)9-21-7-6-18(12-21)11-20-16(22)10-24-18/h2-5,8H,6-7,9-12H2,1H3,(H,20,22). The van der Waals surface area contributed by atoms with Gasteiger partial charge in [-0.15, -0.1) is 11.3 Å². The maximum absolute atomic E-state index is 11.3. The minimum Gasteiger partial charge on any atom is -0.496 e. The third kappa shape index (κ3) is 3.40. The van der Waals surface area contributed by atoms with E-state index in [1.165, 1.54) is 4.88 Å². The summed E-state index contributed by atoms with van der Waals surface area (Å²) in [6, 6.07) is 7.95. The zero-order valence-electron chi connectivity index (χ0n) is 14.2. The number of methoxy groups -OCH3 is 1. The number of benzene rings is 1. The van der Waals surface area contributed by atoms with Crippen LogP contribution in [0.15, 0.2) is 30.5 Å². The molecule has 0 radical (unpaired) electrons. The number of likely N-dealkylation sites (tertiary alicyclic amines) is 1. The lowest BCUT2D eigenvalue weighted by Crippen LogP contribution is -2.53. The molecule has 2 aliphatic heterocycles. The van der Waals surface area contributed by atoms with E-state index in [4.69, 9.17) is 9.47 Å². The van der Waals surface area contributed by atoms with E-state index in [1.807, 2.05) is 30.5 Å². The van der Waals surface area contributed by atoms with Crippen molar-refractivity contribution in [3.05, 3.63) is 35.3 Å². The Labute approximate surface area is 150 Å². The molecule has 3 heterocycles. The zero-order chi connectivity index (χ0) is 17.3. The summed E-state index contributed by atoms with van der Waals surface area (Å²) in [5.41, 5.74) is 0.807. The fraction of sp³-hybridized carbons (Fsp3) is 0.444. The molecule has 2 fully saturated rings. The third-order valence-electron chi connectivity index (χ3n) is 4.78. The minimum atomic E-state index is -0.218. The first-order valence-corrected chi connectivity index (χ1v) is 9.20. The van der Waals surface area contributed by atoms with Crippen LogP contribution in [-0.4, -0.2) is 54.7 Å². The summed E-state index contributed by atoms with van der Waals surface area (Å²) in [5.74, 6) is 0.822. The van der Waals surface area contributed by atoms with Gasteiger partial charge in [-0.2, -0.15) is 0 Å². The molecular weight excluding hydrogens is 338 g/mol. The number of morpholine rings is 1. The van der Waals surface area contributed by atoms with E-state index in [1.54, 1.807) is 18.4 Å². The van der Waals surface area contributed by atoms with Crippen LogP contribution in [0.5, 0.6) is 5.75 Å². The second kappa shape index (κ2) is 6.74. The fourth-order valence-electron chi connectivity index (χ4n) is 3.45. The number of carbonyl (C=O) groups is 1. The summed E-state index contributed by atoms with van der Waals surface area (Å²) in [6.07, 6.45) is 2.90. The Balaban J connectivity index is 1.43. The predicted octanol–water partition coefficient (Wildman–Crippen LogP) is 1.91. The highest BCUT2D eigenvalue weighted by atomic mass is 32.1. The van der Waals surface area contributed by atoms with Crippen LogP contribution in [0.4, 0.5) is 0 Å². The summed E-state index contributed by atoms with van der Waals surface area (Å²) in [4.78, 5) is 19.5. The van der Waals surface area contributed by atoms with Crippen molar-refractivity contribution in [3.8, 4) is 16.3 Å². The Morgan fingerprint density at radius 1 is 1.44 bits per heavy atom. The molecule has 7 heteroatoms. The molecule has 0 aliphatic carbocycles. The molecule has 1 amide bonds. The topological polar surface area (TPSA) is 63.7 Å². The molecule has 25 heavy (non-hydrogen) atoms. The number of aromatic nitrogens is 1. The Morgan fingerprint density at radius 3 is 3.12 bits per heavy atom. The molecule has 1 aromatic heterocycles. The summed E-state index contributed by atoms with van der Waals surface area (Å²) in [7, 11) is 1.68. The molecule has 1 spiro atoms. The van der Waals surface area contributed by atoms with E-state index in [9.17, 15) is 4.79 Å². The van der Waals surface area contributed by atoms with Crippen LogP contribution in [0.2, 0.25) is 0 Å². The Bertz CT molecular complexity index is 766. The van der Waals surface area contributed by atoms with Crippen molar-refractivity contribution < 1.29 is 14.3 Å². The van der Waals surface area contributed by atoms with Gasteiger partial charge in [-0.25, -0.2) is 4.98 Å². The molecule has 1 aromatic carbocycles. The van der Waals surface area contributed by atoms with Crippen LogP contribution in [0.1, 0.15) is 11.3 Å². The van der Waals surface area contributed by atoms with Crippen LogP contribution >= 0.6 is 11.3 Å². The van der Waals surface area contributed by atoms with Crippen LogP contribution in [0.25, 0.3) is 10.6 Å². The van der Waals surface area contributed by atoms with E-state index < -0.39 is 0 Å². The number of rotatable bonds is 4. The van der Waals surface area contributed by atoms with E-state index in [0.717, 1.165) is 42.4 Å². The summed E-state index contributed by atoms with van der Waals surface area (Å²) >= 11 is 1.69. The monoisotopic (exact) mass is 359 g/mol. The molecule has 0 saturated carbocycles. The lowest BCUT2D eigenvalue weighted by Gasteiger charge is -2.33. The van der Waals surface area contributed by atoms with Crippen LogP contribution in [-0.2, 0) is 16.1 Å². The first-order valence-electron chi connectivity index (χ1n) is 8.39. The van der Waals surface area contributed by atoms with Crippen molar-refractivity contribution in [1.82, 2.24) is 15.2 Å². The van der Waals surface area contributed by atoms with E-state index in [0.29, 0.717) is 6.54 Å². The molecule has 2 saturated heterocycles. The molecular formula is C18H21N3O3S. The molecule has 2 aromatic rings. The third-order valence-corrected chi connectivity index (χ3v) is 5.80. The predicted molar refractivity (Wildman–Crippen MR) is 95.7 cm³/mol. The van der Waals surface area contributed by atoms with Crippen molar-refractivity contribution in [1.29, 1.82) is 0 Å². The highest BCUT2D eigenvalue weighted by Gasteiger charge is 2.42. The second-order valence-electron chi connectivity index (χ2n) is 6.54. The summed E-state index contributed by atoms with van der Waals surface area (Å²) < 4.78 is 11.3. The van der Waals surface area contributed by atoms with E-state index >= 15 is 0 Å². The molecule has 132 valence electrons. The van der Waals surface area contributed by atoms with Gasteiger partial charge in [0.05, 0.1) is 18.3 Å². The fourth-order valence-corrected chi connectivity index (χ4v) is 4.44. The van der Waals surface area contributed by atoms with Crippen molar-refractivity contribution in [2.45, 2.75) is 18.6 Å². The lowest BCUT2D eigenvalue weighted by atomic mass is 10.0. The van der Waals surface area contributed by atoms with Crippen LogP contribution in [0.3, 0.4) is 0 Å². The number of carbonyl (C=O) groups excluding carboxylic acids is 1. The maximum atomic E-state index is 11.3. The average Bonchev–Trinajstić information content (AvgIpc) is 3.26. The van der Waals surface area contributed by atoms with Crippen molar-refractivity contribution in [2.24, 2.45) is 0 Å². The second-order valence-corrected chi connectivity index (χ2v) is 7.66. The average molecular weight is 359 g/mol. The summed E-state index contributed by atoms with van der Waals surface area (Å²) in [5, 5.41) is 3.90. The van der Waals surface area contributed by atoms with E-state index in [-0.39, 0.29) is 18.1 Å². The van der Waals surface area contributed by atoms with Gasteiger partial charge in [0.1, 0.15) is 17.4 Å². The van der Waals surface area contributed by atoms with Gasteiger partial charge in [0.25, 0.3) is 0 Å². The number of ether oxygens (including phenoxy) is 2. The van der Waals surface area contributed by atoms with Gasteiger partial charge in [-0.3, -0.25) is 9.69 Å². The Kier molecular flexibility index (Phi) is 4.45. The normalized spacial score (nSPS) is 23.8. The number of nitrogens with zero attached hydrogens (tertiary/aromatic N) is 2. The molecule has 1 atom stereocenters. The molecule has 1 N–H and O–H groups in total. The van der Waals surface area contributed by atoms with Gasteiger partial charge in [0, 0.05) is 37.3 Å². The van der Waals surface area contributed by atoms with Crippen molar-refractivity contribution >= 4 is 17.2 Å². The number of hydrogen-bond acceptors (Lipinski definition) is 6. The highest BCUT2D eigenvalue weighted by Crippen LogP contribution is 2.34. The number of thiazole rings is 1. The number of para-hydroxylation sites is 1. The Hall–Kier alpha value is -1.96. The van der Waals surface area contributed by atoms with Gasteiger partial charge in [0.15, 0.2) is 0 Å². The number of amides is 1. The van der Waals surface area contributed by atoms with Crippen LogP contribution < -0.4 is 10.1 Å². The first kappa shape index (κ1) is 16.5. The maximum Gasteiger partial charge on any atom is 0.246 e. The number of hydrogen-bond donors (Lipinski definition) is 1. The van der Waals surface area contributed by atoms with Gasteiger partial charge in [-0.05, 0) is 18.6 Å². The van der Waals surface area contributed by atoms with Gasteiger partial charge < -0.3 is 14.8 Å². The first-order chi connectivity index (χ1) is 12.2. The lowest BCUT2D eigenvalue weighted by molar-refractivity contribution is -0.142. The molecule has 6 nitrogen and oxygen atoms in total. The van der Waals surface area contributed by atoms with Gasteiger partial charge in [-0.1, -0.05) is 12.1 Å². The SMILES string of the molecule is COc1ccccc1-c1ncc(CN2CCC3(CNC(=O)CO3)C2)s1. The smallest absolute Gasteiger partial charge is 0.246 e. The van der Waals surface area contributed by atoms with Gasteiger partial charge in [0.2, 0.25) is 5.91 Å². The minimum absolute atomic E-state index is 0.0204. The zero-order valence-corrected chi connectivity index (χ0v) is 15.0. The number of nitrogens with one attached hydrogen (secondary N) is 1. The highest BCUT2D eigenvalue weighted by molar-refractivity contribution is 7.15. The molecule has 2 aliphatic rings. The Morgan fingerprint density at radius 2 is 2.32 bits per heavy atom. The molecule has 4 rings (SSSR count).